The molecular weight excluding hydrogens is 310 g/mol. The van der Waals surface area contributed by atoms with Crippen molar-refractivity contribution in [2.24, 2.45) is 0 Å². The van der Waals surface area contributed by atoms with E-state index >= 15 is 0 Å². The predicted octanol–water partition coefficient (Wildman–Crippen LogP) is 3.33. The third-order valence-electron chi connectivity index (χ3n) is 3.77. The minimum Gasteiger partial charge on any atom is -0.339 e. The van der Waals surface area contributed by atoms with Gasteiger partial charge in [0.05, 0.1) is 10.5 Å². The fraction of sp³-hybridized carbons (Fsp3) is 0.533. The first-order chi connectivity index (χ1) is 9.89. The summed E-state index contributed by atoms with van der Waals surface area (Å²) in [6.07, 6.45) is 5.34. The van der Waals surface area contributed by atoms with Crippen molar-refractivity contribution >= 4 is 25.6 Å². The van der Waals surface area contributed by atoms with E-state index in [0.717, 1.165) is 31.2 Å². The van der Waals surface area contributed by atoms with Gasteiger partial charge in [-0.25, -0.2) is 8.42 Å². The Kier molecular flexibility index (Phi) is 5.27. The van der Waals surface area contributed by atoms with E-state index < -0.39 is 9.05 Å². The molecule has 0 unspecified atom stereocenters. The highest BCUT2D eigenvalue weighted by Crippen LogP contribution is 2.24. The maximum atomic E-state index is 12.7. The summed E-state index contributed by atoms with van der Waals surface area (Å²) in [7, 11) is 1.53. The zero-order valence-corrected chi connectivity index (χ0v) is 13.7. The first-order valence-electron chi connectivity index (χ1n) is 7.24. The van der Waals surface area contributed by atoms with Crippen LogP contribution in [-0.4, -0.2) is 32.3 Å². The monoisotopic (exact) mass is 329 g/mol. The van der Waals surface area contributed by atoms with Crippen molar-refractivity contribution in [1.29, 1.82) is 0 Å². The van der Waals surface area contributed by atoms with E-state index in [0.29, 0.717) is 13.1 Å². The number of benzene rings is 1. The van der Waals surface area contributed by atoms with Crippen LogP contribution in [-0.2, 0) is 9.05 Å². The number of halogens is 1. The maximum absolute atomic E-state index is 12.7. The SMILES string of the molecule is Cc1ccc(S(=O)(=O)Cl)c(C(=O)N2CCCCCCC2)c1. The lowest BCUT2D eigenvalue weighted by molar-refractivity contribution is 0.0738. The number of likely N-dealkylation sites (tertiary alicyclic amines) is 1. The summed E-state index contributed by atoms with van der Waals surface area (Å²) in [5.74, 6) is -0.236. The van der Waals surface area contributed by atoms with Crippen LogP contribution >= 0.6 is 10.7 Å². The van der Waals surface area contributed by atoms with Crippen LogP contribution in [0.5, 0.6) is 0 Å². The van der Waals surface area contributed by atoms with Gasteiger partial charge in [0.1, 0.15) is 0 Å². The molecule has 0 aromatic heterocycles. The van der Waals surface area contributed by atoms with Gasteiger partial charge in [0, 0.05) is 23.8 Å². The fourth-order valence-corrected chi connectivity index (χ4v) is 3.69. The second-order valence-electron chi connectivity index (χ2n) is 5.50. The number of nitrogens with zero attached hydrogens (tertiary/aromatic N) is 1. The van der Waals surface area contributed by atoms with E-state index in [-0.39, 0.29) is 16.4 Å². The number of aryl methyl sites for hydroxylation is 1. The topological polar surface area (TPSA) is 54.5 Å². The molecule has 6 heteroatoms. The molecule has 1 aromatic rings. The summed E-state index contributed by atoms with van der Waals surface area (Å²) in [4.78, 5) is 14.3. The highest BCUT2D eigenvalue weighted by atomic mass is 35.7. The Bertz CT molecular complexity index is 620. The number of rotatable bonds is 2. The Balaban J connectivity index is 2.35. The van der Waals surface area contributed by atoms with Gasteiger partial charge in [0.15, 0.2) is 0 Å². The Morgan fingerprint density at radius 3 is 2.24 bits per heavy atom. The lowest BCUT2D eigenvalue weighted by Crippen LogP contribution is -2.34. The van der Waals surface area contributed by atoms with Gasteiger partial charge in [-0.05, 0) is 31.9 Å². The van der Waals surface area contributed by atoms with Crippen molar-refractivity contribution in [3.8, 4) is 0 Å². The Morgan fingerprint density at radius 1 is 1.10 bits per heavy atom. The quantitative estimate of drug-likeness (QED) is 0.782. The van der Waals surface area contributed by atoms with E-state index in [9.17, 15) is 13.2 Å². The molecule has 116 valence electrons. The van der Waals surface area contributed by atoms with Crippen LogP contribution in [0.25, 0.3) is 0 Å². The van der Waals surface area contributed by atoms with Crippen LogP contribution in [0.1, 0.15) is 48.0 Å². The lowest BCUT2D eigenvalue weighted by atomic mass is 10.1. The molecule has 2 rings (SSSR count). The van der Waals surface area contributed by atoms with Crippen LogP contribution in [0.2, 0.25) is 0 Å². The molecule has 0 saturated carbocycles. The van der Waals surface area contributed by atoms with E-state index in [2.05, 4.69) is 0 Å². The second kappa shape index (κ2) is 6.79. The van der Waals surface area contributed by atoms with Gasteiger partial charge in [0.2, 0.25) is 0 Å². The van der Waals surface area contributed by atoms with E-state index in [1.54, 1.807) is 17.0 Å². The molecule has 0 bridgehead atoms. The van der Waals surface area contributed by atoms with Gasteiger partial charge in [0.25, 0.3) is 15.0 Å². The minimum absolute atomic E-state index is 0.0955. The summed E-state index contributed by atoms with van der Waals surface area (Å²) in [5, 5.41) is 0. The second-order valence-corrected chi connectivity index (χ2v) is 8.03. The van der Waals surface area contributed by atoms with Crippen molar-refractivity contribution in [3.05, 3.63) is 29.3 Å². The van der Waals surface area contributed by atoms with Crippen LogP contribution in [0.15, 0.2) is 23.1 Å². The van der Waals surface area contributed by atoms with Crippen molar-refractivity contribution in [3.63, 3.8) is 0 Å². The highest BCUT2D eigenvalue weighted by Gasteiger charge is 2.24. The summed E-state index contributed by atoms with van der Waals surface area (Å²) in [6, 6.07) is 4.67. The fourth-order valence-electron chi connectivity index (χ4n) is 2.64. The molecular formula is C15H20ClNO3S. The van der Waals surface area contributed by atoms with Crippen molar-refractivity contribution in [1.82, 2.24) is 4.90 Å². The van der Waals surface area contributed by atoms with E-state index in [4.69, 9.17) is 10.7 Å². The van der Waals surface area contributed by atoms with E-state index in [1.807, 2.05) is 6.92 Å². The molecule has 0 radical (unpaired) electrons. The molecule has 1 aromatic carbocycles. The molecule has 1 amide bonds. The molecule has 21 heavy (non-hydrogen) atoms. The average Bonchev–Trinajstić information content (AvgIpc) is 2.36. The third kappa shape index (κ3) is 4.20. The molecule has 1 heterocycles. The maximum Gasteiger partial charge on any atom is 0.262 e. The Labute approximate surface area is 130 Å². The molecule has 0 aliphatic carbocycles. The van der Waals surface area contributed by atoms with Crippen LogP contribution < -0.4 is 0 Å². The zero-order chi connectivity index (χ0) is 15.5. The van der Waals surface area contributed by atoms with E-state index in [1.165, 1.54) is 12.5 Å². The first-order valence-corrected chi connectivity index (χ1v) is 9.55. The molecule has 1 aliphatic rings. The van der Waals surface area contributed by atoms with Crippen molar-refractivity contribution in [2.45, 2.75) is 43.9 Å². The number of hydrogen-bond donors (Lipinski definition) is 0. The Hall–Kier alpha value is -1.07. The van der Waals surface area contributed by atoms with Gasteiger partial charge in [-0.15, -0.1) is 0 Å². The molecule has 4 nitrogen and oxygen atoms in total. The predicted molar refractivity (Wildman–Crippen MR) is 83.2 cm³/mol. The zero-order valence-electron chi connectivity index (χ0n) is 12.1. The van der Waals surface area contributed by atoms with Gasteiger partial charge in [-0.3, -0.25) is 4.79 Å². The standard InChI is InChI=1S/C15H20ClNO3S/c1-12-7-8-14(21(16,19)20)13(11-12)15(18)17-9-5-3-2-4-6-10-17/h7-8,11H,2-6,9-10H2,1H3. The first kappa shape index (κ1) is 16.3. The molecule has 0 N–H and O–H groups in total. The van der Waals surface area contributed by atoms with Crippen molar-refractivity contribution < 1.29 is 13.2 Å². The smallest absolute Gasteiger partial charge is 0.262 e. The number of hydrogen-bond acceptors (Lipinski definition) is 3. The van der Waals surface area contributed by atoms with Crippen LogP contribution in [0, 0.1) is 6.92 Å². The van der Waals surface area contributed by atoms with Gasteiger partial charge in [-0.2, -0.15) is 0 Å². The largest absolute Gasteiger partial charge is 0.339 e. The molecule has 1 fully saturated rings. The Morgan fingerprint density at radius 2 is 1.67 bits per heavy atom. The summed E-state index contributed by atoms with van der Waals surface area (Å²) >= 11 is 0. The van der Waals surface area contributed by atoms with Gasteiger partial charge >= 0.3 is 0 Å². The number of carbonyl (C=O) groups excluding carboxylic acids is 1. The highest BCUT2D eigenvalue weighted by molar-refractivity contribution is 8.13. The van der Waals surface area contributed by atoms with Gasteiger partial charge < -0.3 is 4.90 Å². The summed E-state index contributed by atoms with van der Waals surface area (Å²) < 4.78 is 23.3. The van der Waals surface area contributed by atoms with Crippen molar-refractivity contribution in [2.75, 3.05) is 13.1 Å². The molecule has 1 aliphatic heterocycles. The van der Waals surface area contributed by atoms with Crippen LogP contribution in [0.3, 0.4) is 0 Å². The summed E-state index contributed by atoms with van der Waals surface area (Å²) in [5.41, 5.74) is 1.03. The average molecular weight is 330 g/mol. The van der Waals surface area contributed by atoms with Gasteiger partial charge in [-0.1, -0.05) is 30.9 Å². The van der Waals surface area contributed by atoms with Crippen LogP contribution in [0.4, 0.5) is 0 Å². The molecule has 1 saturated heterocycles. The minimum atomic E-state index is -3.93. The molecule has 0 spiro atoms. The number of carbonyl (C=O) groups is 1. The summed E-state index contributed by atoms with van der Waals surface area (Å²) in [6.45, 7) is 3.18. The lowest BCUT2D eigenvalue weighted by Gasteiger charge is -2.25. The normalized spacial score (nSPS) is 17.1. The molecule has 0 atom stereocenters. The third-order valence-corrected chi connectivity index (χ3v) is 5.15. The number of amides is 1.